The fraction of sp³-hybridized carbons (Fsp3) is 0.368. The van der Waals surface area contributed by atoms with Crippen LogP contribution in [0.15, 0.2) is 24.3 Å². The number of carbonyl (C=O) groups excluding carboxylic acids is 2. The Morgan fingerprint density at radius 2 is 1.88 bits per heavy atom. The van der Waals surface area contributed by atoms with Crippen LogP contribution in [0.3, 0.4) is 0 Å². The van der Waals surface area contributed by atoms with Gasteiger partial charge >= 0.3 is 0 Å². The van der Waals surface area contributed by atoms with E-state index in [4.69, 9.17) is 5.73 Å². The Labute approximate surface area is 153 Å². The van der Waals surface area contributed by atoms with Crippen LogP contribution in [0.25, 0.3) is 0 Å². The van der Waals surface area contributed by atoms with Crippen molar-refractivity contribution in [2.24, 2.45) is 0 Å². The van der Waals surface area contributed by atoms with E-state index in [-0.39, 0.29) is 5.95 Å². The zero-order valence-electron chi connectivity index (χ0n) is 15.0. The number of hydrogen-bond donors (Lipinski definition) is 3. The molecular weight excluding hydrogens is 330 g/mol. The van der Waals surface area contributed by atoms with Gasteiger partial charge in [-0.2, -0.15) is 4.98 Å². The molecule has 0 aliphatic rings. The molecule has 0 aliphatic carbocycles. The molecule has 0 atom stereocenters. The smallest absolute Gasteiger partial charge is 0.222 e. The minimum Gasteiger partial charge on any atom is -0.370 e. The van der Waals surface area contributed by atoms with Crippen LogP contribution in [-0.4, -0.2) is 35.8 Å². The molecule has 4 N–H and O–H groups in total. The van der Waals surface area contributed by atoms with E-state index >= 15 is 0 Å². The highest BCUT2D eigenvalue weighted by Gasteiger charge is 2.14. The average Bonchev–Trinajstić information content (AvgIpc) is 2.65. The second-order valence-corrected chi connectivity index (χ2v) is 5.99. The molecule has 1 amide bonds. The van der Waals surface area contributed by atoms with Crippen LogP contribution in [0.2, 0.25) is 0 Å². The molecule has 2 aromatic rings. The molecule has 7 heteroatoms. The summed E-state index contributed by atoms with van der Waals surface area (Å²) in [6, 6.07) is 7.42. The SMILES string of the molecule is CCCCNc1nc(N)nc(CCNC=O)c1Cc1ccc(C=O)cc1. The van der Waals surface area contributed by atoms with Crippen LogP contribution >= 0.6 is 0 Å². The van der Waals surface area contributed by atoms with Crippen LogP contribution in [0, 0.1) is 0 Å². The van der Waals surface area contributed by atoms with Crippen molar-refractivity contribution in [3.05, 3.63) is 46.6 Å². The first kappa shape index (κ1) is 19.4. The number of hydrogen-bond acceptors (Lipinski definition) is 6. The van der Waals surface area contributed by atoms with Gasteiger partial charge in [0.15, 0.2) is 0 Å². The summed E-state index contributed by atoms with van der Waals surface area (Å²) in [6.07, 6.45) is 4.78. The summed E-state index contributed by atoms with van der Waals surface area (Å²) in [6.45, 7) is 3.41. The van der Waals surface area contributed by atoms with E-state index in [2.05, 4.69) is 27.5 Å². The third-order valence-electron chi connectivity index (χ3n) is 4.02. The summed E-state index contributed by atoms with van der Waals surface area (Å²) >= 11 is 0. The molecule has 0 bridgehead atoms. The highest BCUT2D eigenvalue weighted by molar-refractivity contribution is 5.74. The van der Waals surface area contributed by atoms with Crippen molar-refractivity contribution >= 4 is 24.5 Å². The molecule has 1 heterocycles. The number of nitrogen functional groups attached to an aromatic ring is 1. The third kappa shape index (κ3) is 5.54. The van der Waals surface area contributed by atoms with E-state index in [9.17, 15) is 9.59 Å². The normalized spacial score (nSPS) is 10.3. The Bertz CT molecular complexity index is 731. The number of nitrogens with one attached hydrogen (secondary N) is 2. The molecule has 138 valence electrons. The van der Waals surface area contributed by atoms with Crippen molar-refractivity contribution in [2.45, 2.75) is 32.6 Å². The topological polar surface area (TPSA) is 110 Å². The van der Waals surface area contributed by atoms with E-state index in [0.29, 0.717) is 31.4 Å². The molecule has 0 saturated heterocycles. The van der Waals surface area contributed by atoms with Gasteiger partial charge in [0.25, 0.3) is 0 Å². The first-order chi connectivity index (χ1) is 12.7. The van der Waals surface area contributed by atoms with Gasteiger partial charge in [0.05, 0.1) is 5.69 Å². The molecule has 0 saturated carbocycles. The quantitative estimate of drug-likeness (QED) is 0.420. The number of carbonyl (C=O) groups is 2. The zero-order chi connectivity index (χ0) is 18.8. The number of unbranched alkanes of at least 4 members (excludes halogenated alkanes) is 1. The molecule has 0 aliphatic heterocycles. The van der Waals surface area contributed by atoms with Gasteiger partial charge in [0, 0.05) is 37.1 Å². The predicted molar refractivity (Wildman–Crippen MR) is 102 cm³/mol. The number of benzene rings is 1. The average molecular weight is 355 g/mol. The van der Waals surface area contributed by atoms with Gasteiger partial charge in [-0.05, 0) is 12.0 Å². The van der Waals surface area contributed by atoms with Gasteiger partial charge in [-0.3, -0.25) is 9.59 Å². The Kier molecular flexibility index (Phi) is 7.54. The lowest BCUT2D eigenvalue weighted by Crippen LogP contribution is -2.18. The highest BCUT2D eigenvalue weighted by atomic mass is 16.1. The monoisotopic (exact) mass is 355 g/mol. The fourth-order valence-corrected chi connectivity index (χ4v) is 2.64. The van der Waals surface area contributed by atoms with E-state index in [1.165, 1.54) is 0 Å². The molecule has 2 rings (SSSR count). The van der Waals surface area contributed by atoms with Gasteiger partial charge in [-0.1, -0.05) is 37.6 Å². The van der Waals surface area contributed by atoms with Crippen molar-refractivity contribution in [3.63, 3.8) is 0 Å². The van der Waals surface area contributed by atoms with Gasteiger partial charge in [0.1, 0.15) is 12.1 Å². The summed E-state index contributed by atoms with van der Waals surface area (Å²) < 4.78 is 0. The number of nitrogens with two attached hydrogens (primary N) is 1. The maximum absolute atomic E-state index is 10.8. The Hall–Kier alpha value is -2.96. The number of nitrogens with zero attached hydrogens (tertiary/aromatic N) is 2. The number of amides is 1. The summed E-state index contributed by atoms with van der Waals surface area (Å²) in [7, 11) is 0. The van der Waals surface area contributed by atoms with Crippen molar-refractivity contribution in [1.82, 2.24) is 15.3 Å². The highest BCUT2D eigenvalue weighted by Crippen LogP contribution is 2.22. The van der Waals surface area contributed by atoms with Gasteiger partial charge in [-0.25, -0.2) is 4.98 Å². The maximum atomic E-state index is 10.8. The van der Waals surface area contributed by atoms with Crippen LogP contribution in [0.1, 0.15) is 46.9 Å². The molecule has 7 nitrogen and oxygen atoms in total. The van der Waals surface area contributed by atoms with E-state index in [1.54, 1.807) is 12.1 Å². The van der Waals surface area contributed by atoms with Gasteiger partial charge in [0.2, 0.25) is 12.4 Å². The summed E-state index contributed by atoms with van der Waals surface area (Å²) in [5.41, 5.74) is 9.33. The van der Waals surface area contributed by atoms with E-state index in [0.717, 1.165) is 48.3 Å². The van der Waals surface area contributed by atoms with Gasteiger partial charge < -0.3 is 16.4 Å². The van der Waals surface area contributed by atoms with Crippen molar-refractivity contribution in [2.75, 3.05) is 24.1 Å². The van der Waals surface area contributed by atoms with Crippen LogP contribution in [0.5, 0.6) is 0 Å². The molecular formula is C19H25N5O2. The third-order valence-corrected chi connectivity index (χ3v) is 4.02. The first-order valence-electron chi connectivity index (χ1n) is 8.78. The number of rotatable bonds is 11. The minimum atomic E-state index is 0.213. The molecule has 0 radical (unpaired) electrons. The van der Waals surface area contributed by atoms with Gasteiger partial charge in [-0.15, -0.1) is 0 Å². The lowest BCUT2D eigenvalue weighted by Gasteiger charge is -2.16. The number of anilines is 2. The molecule has 0 spiro atoms. The molecule has 1 aromatic heterocycles. The lowest BCUT2D eigenvalue weighted by molar-refractivity contribution is -0.109. The van der Waals surface area contributed by atoms with Crippen LogP contribution in [0.4, 0.5) is 11.8 Å². The second-order valence-electron chi connectivity index (χ2n) is 5.99. The first-order valence-corrected chi connectivity index (χ1v) is 8.78. The number of aldehydes is 1. The zero-order valence-corrected chi connectivity index (χ0v) is 15.0. The maximum Gasteiger partial charge on any atom is 0.222 e. The minimum absolute atomic E-state index is 0.213. The number of aromatic nitrogens is 2. The largest absolute Gasteiger partial charge is 0.370 e. The van der Waals surface area contributed by atoms with Crippen LogP contribution < -0.4 is 16.4 Å². The van der Waals surface area contributed by atoms with Crippen molar-refractivity contribution in [3.8, 4) is 0 Å². The molecule has 0 fully saturated rings. The second kappa shape index (κ2) is 10.1. The van der Waals surface area contributed by atoms with Crippen molar-refractivity contribution in [1.29, 1.82) is 0 Å². The standard InChI is InChI=1S/C19H25N5O2/c1-2-3-9-22-18-16(11-14-4-6-15(12-25)7-5-14)17(8-10-21-13-26)23-19(20)24-18/h4-7,12-13H,2-3,8-11H2,1H3,(H,21,26)(H3,20,22,23,24). The summed E-state index contributed by atoms with van der Waals surface area (Å²) in [5.74, 6) is 0.941. The molecule has 1 aromatic carbocycles. The Morgan fingerprint density at radius 3 is 2.54 bits per heavy atom. The predicted octanol–water partition coefficient (Wildman–Crippen LogP) is 1.96. The van der Waals surface area contributed by atoms with Crippen LogP contribution in [-0.2, 0) is 17.6 Å². The summed E-state index contributed by atoms with van der Waals surface area (Å²) in [5, 5.41) is 6.00. The Morgan fingerprint density at radius 1 is 1.12 bits per heavy atom. The van der Waals surface area contributed by atoms with Crippen molar-refractivity contribution < 1.29 is 9.59 Å². The summed E-state index contributed by atoms with van der Waals surface area (Å²) in [4.78, 5) is 30.1. The van der Waals surface area contributed by atoms with E-state index in [1.807, 2.05) is 12.1 Å². The fourth-order valence-electron chi connectivity index (χ4n) is 2.64. The Balaban J connectivity index is 2.32. The lowest BCUT2D eigenvalue weighted by atomic mass is 10.0. The molecule has 26 heavy (non-hydrogen) atoms. The molecule has 0 unspecified atom stereocenters. The van der Waals surface area contributed by atoms with E-state index < -0.39 is 0 Å².